The van der Waals surface area contributed by atoms with Gasteiger partial charge in [0.25, 0.3) is 5.91 Å². The predicted octanol–water partition coefficient (Wildman–Crippen LogP) is 2.38. The highest BCUT2D eigenvalue weighted by Gasteiger charge is 2.14. The molecule has 15 heavy (non-hydrogen) atoms. The van der Waals surface area contributed by atoms with Gasteiger partial charge in [0, 0.05) is 23.8 Å². The van der Waals surface area contributed by atoms with Gasteiger partial charge >= 0.3 is 0 Å². The zero-order chi connectivity index (χ0) is 10.8. The van der Waals surface area contributed by atoms with Crippen molar-refractivity contribution in [3.63, 3.8) is 0 Å². The molecule has 2 rings (SSSR count). The van der Waals surface area contributed by atoms with Gasteiger partial charge in [0.15, 0.2) is 0 Å². The first-order chi connectivity index (χ1) is 7.16. The number of dihydropyridines is 1. The number of allylic oxidation sites excluding steroid dienone is 1. The summed E-state index contributed by atoms with van der Waals surface area (Å²) in [6.45, 7) is 1.90. The van der Waals surface area contributed by atoms with Crippen molar-refractivity contribution in [2.75, 3.05) is 0 Å². The molecular formula is C12H10FNO. The summed E-state index contributed by atoms with van der Waals surface area (Å²) in [6, 6.07) is 4.92. The summed E-state index contributed by atoms with van der Waals surface area (Å²) >= 11 is 0. The fourth-order valence-corrected chi connectivity index (χ4v) is 1.54. The second kappa shape index (κ2) is 3.77. The number of amides is 1. The number of halogens is 1. The summed E-state index contributed by atoms with van der Waals surface area (Å²) in [5.41, 5.74) is 1.55. The zero-order valence-electron chi connectivity index (χ0n) is 8.27. The maximum Gasteiger partial charge on any atom is 0.269 e. The van der Waals surface area contributed by atoms with Crippen LogP contribution < -0.4 is 0 Å². The Bertz CT molecular complexity index is 447. The Morgan fingerprint density at radius 1 is 1.40 bits per heavy atom. The number of carbonyl (C=O) groups excluding carboxylic acids is 1. The van der Waals surface area contributed by atoms with Gasteiger partial charge in [0.05, 0.1) is 0 Å². The molecule has 76 valence electrons. The Morgan fingerprint density at radius 3 is 2.87 bits per heavy atom. The van der Waals surface area contributed by atoms with Crippen molar-refractivity contribution < 1.29 is 9.18 Å². The average molecular weight is 203 g/mol. The van der Waals surface area contributed by atoms with Crippen LogP contribution in [-0.4, -0.2) is 12.1 Å². The van der Waals surface area contributed by atoms with Gasteiger partial charge in [-0.2, -0.15) is 0 Å². The lowest BCUT2D eigenvalue weighted by atomic mass is 9.96. The second-order valence-electron chi connectivity index (χ2n) is 3.53. The number of rotatable bonds is 1. The van der Waals surface area contributed by atoms with E-state index in [1.54, 1.807) is 18.2 Å². The number of aliphatic imine (C=N–C) groups is 1. The molecule has 1 unspecified atom stereocenters. The molecule has 2 nitrogen and oxygen atoms in total. The summed E-state index contributed by atoms with van der Waals surface area (Å²) < 4.78 is 13.5. The van der Waals surface area contributed by atoms with Crippen LogP contribution in [0.4, 0.5) is 4.39 Å². The van der Waals surface area contributed by atoms with Crippen molar-refractivity contribution in [1.29, 1.82) is 0 Å². The van der Waals surface area contributed by atoms with Crippen LogP contribution in [0.1, 0.15) is 17.0 Å². The van der Waals surface area contributed by atoms with Crippen LogP contribution in [0.3, 0.4) is 0 Å². The first-order valence-corrected chi connectivity index (χ1v) is 4.69. The van der Waals surface area contributed by atoms with E-state index in [1.165, 1.54) is 18.4 Å². The number of aryl methyl sites for hydroxylation is 1. The average Bonchev–Trinajstić information content (AvgIpc) is 2.23. The first kappa shape index (κ1) is 9.77. The molecule has 0 radical (unpaired) electrons. The van der Waals surface area contributed by atoms with Crippen LogP contribution in [0.15, 0.2) is 35.3 Å². The van der Waals surface area contributed by atoms with E-state index in [9.17, 15) is 9.18 Å². The fourth-order valence-electron chi connectivity index (χ4n) is 1.54. The molecule has 0 aliphatic carbocycles. The summed E-state index contributed by atoms with van der Waals surface area (Å²) in [5, 5.41) is 0. The van der Waals surface area contributed by atoms with Crippen LogP contribution in [0.25, 0.3) is 0 Å². The fraction of sp³-hybridized carbons (Fsp3) is 0.167. The minimum Gasteiger partial charge on any atom is -0.268 e. The number of hydrogen-bond acceptors (Lipinski definition) is 1. The SMILES string of the molecule is Cc1ccc(F)c(C2C=CC(=O)N=C2)c1. The van der Waals surface area contributed by atoms with Crippen LogP contribution in [-0.2, 0) is 4.79 Å². The number of nitrogens with zero attached hydrogens (tertiary/aromatic N) is 1. The number of hydrogen-bond donors (Lipinski definition) is 0. The van der Waals surface area contributed by atoms with E-state index in [1.807, 2.05) is 6.92 Å². The molecule has 0 spiro atoms. The molecule has 1 heterocycles. The molecule has 1 aliphatic heterocycles. The smallest absolute Gasteiger partial charge is 0.268 e. The molecule has 1 aromatic carbocycles. The predicted molar refractivity (Wildman–Crippen MR) is 56.5 cm³/mol. The van der Waals surface area contributed by atoms with Gasteiger partial charge in [-0.15, -0.1) is 0 Å². The quantitative estimate of drug-likeness (QED) is 0.689. The molecule has 0 fully saturated rings. The molecule has 0 bridgehead atoms. The highest BCUT2D eigenvalue weighted by Crippen LogP contribution is 2.22. The van der Waals surface area contributed by atoms with Crippen LogP contribution in [0.2, 0.25) is 0 Å². The van der Waals surface area contributed by atoms with Crippen molar-refractivity contribution in [1.82, 2.24) is 0 Å². The Hall–Kier alpha value is -1.77. The van der Waals surface area contributed by atoms with Crippen LogP contribution in [0.5, 0.6) is 0 Å². The van der Waals surface area contributed by atoms with Gasteiger partial charge < -0.3 is 0 Å². The van der Waals surface area contributed by atoms with Gasteiger partial charge in [-0.3, -0.25) is 4.79 Å². The van der Waals surface area contributed by atoms with Crippen LogP contribution >= 0.6 is 0 Å². The molecule has 0 aromatic heterocycles. The maximum atomic E-state index is 13.5. The van der Waals surface area contributed by atoms with E-state index in [4.69, 9.17) is 0 Å². The highest BCUT2D eigenvalue weighted by molar-refractivity contribution is 5.98. The minimum absolute atomic E-state index is 0.234. The van der Waals surface area contributed by atoms with E-state index in [-0.39, 0.29) is 17.6 Å². The van der Waals surface area contributed by atoms with Gasteiger partial charge in [-0.05, 0) is 13.0 Å². The lowest BCUT2D eigenvalue weighted by molar-refractivity contribution is -0.113. The summed E-state index contributed by atoms with van der Waals surface area (Å²) in [4.78, 5) is 14.5. The van der Waals surface area contributed by atoms with E-state index in [0.717, 1.165) is 5.56 Å². The van der Waals surface area contributed by atoms with Crippen molar-refractivity contribution in [3.8, 4) is 0 Å². The topological polar surface area (TPSA) is 29.4 Å². The molecule has 0 N–H and O–H groups in total. The summed E-state index contributed by atoms with van der Waals surface area (Å²) in [5.74, 6) is -0.794. The Kier molecular flexibility index (Phi) is 2.46. The highest BCUT2D eigenvalue weighted by atomic mass is 19.1. The Labute approximate surface area is 87.1 Å². The third-order valence-electron chi connectivity index (χ3n) is 2.32. The lowest BCUT2D eigenvalue weighted by Gasteiger charge is -2.11. The third kappa shape index (κ3) is 2.01. The molecule has 3 heteroatoms. The molecule has 0 saturated carbocycles. The van der Waals surface area contributed by atoms with E-state index in [0.29, 0.717) is 5.56 Å². The standard InChI is InChI=1S/C12H10FNO/c1-8-2-4-11(13)10(6-8)9-3-5-12(15)14-7-9/h2-7,9H,1H3. The first-order valence-electron chi connectivity index (χ1n) is 4.69. The molecule has 1 aliphatic rings. The maximum absolute atomic E-state index is 13.5. The normalized spacial score (nSPS) is 19.6. The summed E-state index contributed by atoms with van der Waals surface area (Å²) in [6.07, 6.45) is 4.50. The lowest BCUT2D eigenvalue weighted by Crippen LogP contribution is -2.06. The zero-order valence-corrected chi connectivity index (χ0v) is 8.27. The number of carbonyl (C=O) groups is 1. The van der Waals surface area contributed by atoms with Crippen molar-refractivity contribution in [3.05, 3.63) is 47.3 Å². The van der Waals surface area contributed by atoms with Crippen molar-refractivity contribution in [2.24, 2.45) is 4.99 Å². The van der Waals surface area contributed by atoms with Gasteiger partial charge in [0.1, 0.15) is 5.82 Å². The van der Waals surface area contributed by atoms with Gasteiger partial charge in [-0.25, -0.2) is 9.38 Å². The van der Waals surface area contributed by atoms with E-state index in [2.05, 4.69) is 4.99 Å². The third-order valence-corrected chi connectivity index (χ3v) is 2.32. The largest absolute Gasteiger partial charge is 0.269 e. The Balaban J connectivity index is 2.38. The molecule has 1 atom stereocenters. The Morgan fingerprint density at radius 2 is 2.20 bits per heavy atom. The molecule has 0 saturated heterocycles. The molecule has 1 aromatic rings. The van der Waals surface area contributed by atoms with Gasteiger partial charge in [-0.1, -0.05) is 23.8 Å². The monoisotopic (exact) mass is 203 g/mol. The number of benzene rings is 1. The van der Waals surface area contributed by atoms with Crippen molar-refractivity contribution >= 4 is 12.1 Å². The molecular weight excluding hydrogens is 193 g/mol. The summed E-state index contributed by atoms with van der Waals surface area (Å²) in [7, 11) is 0. The second-order valence-corrected chi connectivity index (χ2v) is 3.53. The molecule has 1 amide bonds. The van der Waals surface area contributed by atoms with Gasteiger partial charge in [0.2, 0.25) is 0 Å². The minimum atomic E-state index is -0.292. The van der Waals surface area contributed by atoms with E-state index < -0.39 is 0 Å². The van der Waals surface area contributed by atoms with Crippen molar-refractivity contribution in [2.45, 2.75) is 12.8 Å². The van der Waals surface area contributed by atoms with Crippen LogP contribution in [0, 0.1) is 12.7 Å². The van der Waals surface area contributed by atoms with E-state index >= 15 is 0 Å².